The minimum Gasteiger partial charge on any atom is -0.394 e. The van der Waals surface area contributed by atoms with E-state index in [1.54, 1.807) is 0 Å². The van der Waals surface area contributed by atoms with Gasteiger partial charge in [0.05, 0.1) is 18.8 Å². The molecule has 0 heterocycles. The summed E-state index contributed by atoms with van der Waals surface area (Å²) in [6.45, 7) is 4.14. The van der Waals surface area contributed by atoms with E-state index in [4.69, 9.17) is 0 Å². The first-order valence-corrected chi connectivity index (χ1v) is 19.6. The van der Waals surface area contributed by atoms with Crippen LogP contribution in [0.4, 0.5) is 0 Å². The van der Waals surface area contributed by atoms with Gasteiger partial charge >= 0.3 is 0 Å². The van der Waals surface area contributed by atoms with E-state index >= 15 is 0 Å². The van der Waals surface area contributed by atoms with Gasteiger partial charge in [0.1, 0.15) is 6.10 Å². The second kappa shape index (κ2) is 35.7. The molecule has 5 nitrogen and oxygen atoms in total. The van der Waals surface area contributed by atoms with E-state index < -0.39 is 18.2 Å². The van der Waals surface area contributed by atoms with E-state index in [2.05, 4.69) is 43.5 Å². The highest BCUT2D eigenvalue weighted by atomic mass is 16.3. The second-order valence-corrected chi connectivity index (χ2v) is 13.5. The number of aliphatic hydroxyl groups is 3. The molecule has 0 aliphatic rings. The van der Waals surface area contributed by atoms with Crippen LogP contribution >= 0.6 is 0 Å². The van der Waals surface area contributed by atoms with Gasteiger partial charge in [-0.25, -0.2) is 0 Å². The zero-order valence-corrected chi connectivity index (χ0v) is 30.0. The van der Waals surface area contributed by atoms with E-state index in [0.717, 1.165) is 44.9 Å². The highest BCUT2D eigenvalue weighted by Gasteiger charge is 2.26. The van der Waals surface area contributed by atoms with Crippen molar-refractivity contribution in [2.24, 2.45) is 0 Å². The Morgan fingerprint density at radius 2 is 0.911 bits per heavy atom. The topological polar surface area (TPSA) is 89.8 Å². The molecule has 0 saturated carbocycles. The fourth-order valence-corrected chi connectivity index (χ4v) is 5.94. The van der Waals surface area contributed by atoms with Crippen LogP contribution in [0.2, 0.25) is 0 Å². The third-order valence-electron chi connectivity index (χ3n) is 9.04. The smallest absolute Gasteiger partial charge is 0.220 e. The van der Waals surface area contributed by atoms with Crippen molar-refractivity contribution in [1.82, 2.24) is 5.32 Å². The van der Waals surface area contributed by atoms with Crippen LogP contribution in [0.15, 0.2) is 24.3 Å². The molecule has 0 fully saturated rings. The van der Waals surface area contributed by atoms with Crippen LogP contribution in [-0.4, -0.2) is 46.1 Å². The summed E-state index contributed by atoms with van der Waals surface area (Å²) in [5.74, 6) is -0.160. The monoisotopic (exact) mass is 636 g/mol. The number of hydrogen-bond acceptors (Lipinski definition) is 4. The van der Waals surface area contributed by atoms with Crippen LogP contribution in [0.3, 0.4) is 0 Å². The number of unbranched alkanes of at least 4 members (excludes halogenated alkanes) is 23. The maximum absolute atomic E-state index is 12.3. The molecule has 0 saturated heterocycles. The Bertz CT molecular complexity index is 665. The van der Waals surface area contributed by atoms with Gasteiger partial charge in [-0.15, -0.1) is 0 Å². The summed E-state index contributed by atoms with van der Waals surface area (Å²) < 4.78 is 0. The molecule has 0 aromatic heterocycles. The lowest BCUT2D eigenvalue weighted by Gasteiger charge is -2.26. The van der Waals surface area contributed by atoms with E-state index in [9.17, 15) is 20.1 Å². The first-order chi connectivity index (χ1) is 22.1. The molecule has 3 atom stereocenters. The van der Waals surface area contributed by atoms with Gasteiger partial charge in [0, 0.05) is 6.42 Å². The van der Waals surface area contributed by atoms with Crippen molar-refractivity contribution in [3.8, 4) is 0 Å². The number of aliphatic hydroxyl groups excluding tert-OH is 3. The van der Waals surface area contributed by atoms with Gasteiger partial charge in [0.2, 0.25) is 5.91 Å². The highest BCUT2D eigenvalue weighted by molar-refractivity contribution is 5.76. The summed E-state index contributed by atoms with van der Waals surface area (Å²) in [5.41, 5.74) is 0. The van der Waals surface area contributed by atoms with Gasteiger partial charge in [-0.05, 0) is 51.4 Å². The van der Waals surface area contributed by atoms with E-state index in [1.807, 2.05) is 0 Å². The van der Waals surface area contributed by atoms with Crippen LogP contribution in [0.1, 0.15) is 200 Å². The zero-order chi connectivity index (χ0) is 33.1. The number of hydrogen-bond donors (Lipinski definition) is 4. The molecule has 3 unspecified atom stereocenters. The van der Waals surface area contributed by atoms with E-state index in [-0.39, 0.29) is 12.5 Å². The Morgan fingerprint density at radius 1 is 0.533 bits per heavy atom. The average molecular weight is 636 g/mol. The predicted octanol–water partition coefficient (Wildman–Crippen LogP) is 10.7. The lowest BCUT2D eigenvalue weighted by atomic mass is 10.0. The Hall–Kier alpha value is -1.17. The van der Waals surface area contributed by atoms with Crippen molar-refractivity contribution >= 4 is 5.91 Å². The lowest BCUT2D eigenvalue weighted by molar-refractivity contribution is -0.124. The third kappa shape index (κ3) is 31.2. The molecule has 0 spiro atoms. The molecule has 0 radical (unpaired) electrons. The second-order valence-electron chi connectivity index (χ2n) is 13.5. The van der Waals surface area contributed by atoms with E-state index in [0.29, 0.717) is 12.8 Å². The molecule has 0 aromatic carbocycles. The molecule has 45 heavy (non-hydrogen) atoms. The van der Waals surface area contributed by atoms with Crippen molar-refractivity contribution < 1.29 is 20.1 Å². The minimum absolute atomic E-state index is 0.160. The number of carbonyl (C=O) groups is 1. The van der Waals surface area contributed by atoms with Crippen LogP contribution in [0.25, 0.3) is 0 Å². The molecule has 0 aromatic rings. The molecule has 0 bridgehead atoms. The number of rotatable bonds is 35. The SMILES string of the molecule is CCCCCCCCCCCCC/C=C/CC/C=C/CCCC(O)C(O)C(CO)NC(=O)CCCCCCCCCCCCC. The Morgan fingerprint density at radius 3 is 1.36 bits per heavy atom. The first kappa shape index (κ1) is 43.8. The summed E-state index contributed by atoms with van der Waals surface area (Å²) in [6, 6.07) is -0.826. The Kier molecular flexibility index (Phi) is 34.8. The van der Waals surface area contributed by atoms with Crippen molar-refractivity contribution in [3.05, 3.63) is 24.3 Å². The Labute approximate surface area is 280 Å². The van der Waals surface area contributed by atoms with Crippen LogP contribution < -0.4 is 5.32 Å². The molecule has 5 heteroatoms. The largest absolute Gasteiger partial charge is 0.394 e. The van der Waals surface area contributed by atoms with Crippen molar-refractivity contribution in [2.45, 2.75) is 218 Å². The van der Waals surface area contributed by atoms with Gasteiger partial charge in [-0.2, -0.15) is 0 Å². The molecule has 4 N–H and O–H groups in total. The lowest BCUT2D eigenvalue weighted by Crippen LogP contribution is -2.50. The highest BCUT2D eigenvalue weighted by Crippen LogP contribution is 2.14. The van der Waals surface area contributed by atoms with Crippen LogP contribution in [0.5, 0.6) is 0 Å². The number of amides is 1. The Balaban J connectivity index is 3.72. The van der Waals surface area contributed by atoms with Crippen LogP contribution in [0, 0.1) is 0 Å². The molecular weight excluding hydrogens is 558 g/mol. The summed E-state index contributed by atoms with van der Waals surface area (Å²) >= 11 is 0. The standard InChI is InChI=1S/C40H77NO4/c1-3-5-7-9-11-13-15-16-17-18-19-20-21-22-23-25-26-28-30-32-34-38(43)40(45)37(36-42)41-39(44)35-33-31-29-27-24-14-12-10-8-6-4-2/h21-22,26,28,37-38,40,42-43,45H,3-20,23-25,27,29-36H2,1-2H3,(H,41,44)/b22-21+,28-26+. The molecular formula is C40H77NO4. The quantitative estimate of drug-likeness (QED) is 0.0412. The van der Waals surface area contributed by atoms with Crippen LogP contribution in [-0.2, 0) is 4.79 Å². The summed E-state index contributed by atoms with van der Waals surface area (Å²) in [5, 5.41) is 33.3. The summed E-state index contributed by atoms with van der Waals surface area (Å²) in [7, 11) is 0. The molecule has 0 aliphatic heterocycles. The van der Waals surface area contributed by atoms with Crippen molar-refractivity contribution in [3.63, 3.8) is 0 Å². The fraction of sp³-hybridized carbons (Fsp3) is 0.875. The number of nitrogens with one attached hydrogen (secondary N) is 1. The van der Waals surface area contributed by atoms with Gasteiger partial charge in [0.25, 0.3) is 0 Å². The molecule has 1 amide bonds. The molecule has 0 aliphatic carbocycles. The fourth-order valence-electron chi connectivity index (χ4n) is 5.94. The maximum atomic E-state index is 12.3. The third-order valence-corrected chi connectivity index (χ3v) is 9.04. The summed E-state index contributed by atoms with van der Waals surface area (Å²) in [6.07, 6.45) is 41.4. The summed E-state index contributed by atoms with van der Waals surface area (Å²) in [4.78, 5) is 12.3. The van der Waals surface area contributed by atoms with Gasteiger partial charge in [-0.1, -0.05) is 167 Å². The predicted molar refractivity (Wildman–Crippen MR) is 195 cm³/mol. The van der Waals surface area contributed by atoms with Crippen molar-refractivity contribution in [1.29, 1.82) is 0 Å². The van der Waals surface area contributed by atoms with Gasteiger partial charge in [0.15, 0.2) is 0 Å². The minimum atomic E-state index is -1.16. The number of carbonyl (C=O) groups excluding carboxylic acids is 1. The first-order valence-electron chi connectivity index (χ1n) is 19.6. The maximum Gasteiger partial charge on any atom is 0.220 e. The molecule has 0 rings (SSSR count). The van der Waals surface area contributed by atoms with E-state index in [1.165, 1.54) is 128 Å². The molecule has 266 valence electrons. The van der Waals surface area contributed by atoms with Crippen molar-refractivity contribution in [2.75, 3.05) is 6.61 Å². The average Bonchev–Trinajstić information content (AvgIpc) is 3.04. The zero-order valence-electron chi connectivity index (χ0n) is 30.0. The number of allylic oxidation sites excluding steroid dienone is 4. The van der Waals surface area contributed by atoms with Gasteiger partial charge in [-0.3, -0.25) is 4.79 Å². The normalized spacial score (nSPS) is 14.0. The van der Waals surface area contributed by atoms with Gasteiger partial charge < -0.3 is 20.6 Å².